The van der Waals surface area contributed by atoms with E-state index in [0.29, 0.717) is 0 Å². The van der Waals surface area contributed by atoms with Gasteiger partial charge in [-0.15, -0.1) is 0 Å². The minimum atomic E-state index is -0.377. The molecule has 1 saturated carbocycles. The standard InChI is InChI=1S/C12H19NO/c1-9(2)11(8-13)12(14)10-6-4-3-5-7-10/h9-11H,3-7H2,1-2H3. The van der Waals surface area contributed by atoms with Gasteiger partial charge in [0.2, 0.25) is 0 Å². The van der Waals surface area contributed by atoms with Crippen molar-refractivity contribution < 1.29 is 4.79 Å². The highest BCUT2D eigenvalue weighted by Gasteiger charge is 2.29. The molecule has 1 fully saturated rings. The van der Waals surface area contributed by atoms with Gasteiger partial charge in [-0.1, -0.05) is 33.1 Å². The topological polar surface area (TPSA) is 40.9 Å². The molecule has 0 aromatic heterocycles. The monoisotopic (exact) mass is 193 g/mol. The summed E-state index contributed by atoms with van der Waals surface area (Å²) in [6.45, 7) is 3.91. The highest BCUT2D eigenvalue weighted by molar-refractivity contribution is 5.85. The van der Waals surface area contributed by atoms with Crippen LogP contribution in [0.4, 0.5) is 0 Å². The average Bonchev–Trinajstić information content (AvgIpc) is 2.19. The van der Waals surface area contributed by atoms with Crippen LogP contribution in [-0.2, 0) is 4.79 Å². The van der Waals surface area contributed by atoms with Crippen molar-refractivity contribution in [2.45, 2.75) is 46.0 Å². The van der Waals surface area contributed by atoms with E-state index in [0.717, 1.165) is 25.7 Å². The Morgan fingerprint density at radius 3 is 2.29 bits per heavy atom. The van der Waals surface area contributed by atoms with Gasteiger partial charge in [-0.3, -0.25) is 4.79 Å². The van der Waals surface area contributed by atoms with Crippen molar-refractivity contribution in [2.75, 3.05) is 0 Å². The van der Waals surface area contributed by atoms with E-state index in [1.807, 2.05) is 13.8 Å². The Bertz CT molecular complexity index is 233. The van der Waals surface area contributed by atoms with Gasteiger partial charge >= 0.3 is 0 Å². The molecule has 1 unspecified atom stereocenters. The first kappa shape index (κ1) is 11.2. The Labute approximate surface area is 86.3 Å². The Balaban J connectivity index is 2.58. The third kappa shape index (κ3) is 2.57. The summed E-state index contributed by atoms with van der Waals surface area (Å²) in [6, 6.07) is 2.15. The summed E-state index contributed by atoms with van der Waals surface area (Å²) < 4.78 is 0. The fraction of sp³-hybridized carbons (Fsp3) is 0.833. The lowest BCUT2D eigenvalue weighted by atomic mass is 9.79. The predicted octanol–water partition coefficient (Wildman–Crippen LogP) is 2.93. The third-order valence-electron chi connectivity index (χ3n) is 3.12. The second kappa shape index (κ2) is 5.14. The maximum atomic E-state index is 11.9. The molecular weight excluding hydrogens is 174 g/mol. The minimum Gasteiger partial charge on any atom is -0.298 e. The van der Waals surface area contributed by atoms with Crippen LogP contribution in [0.1, 0.15) is 46.0 Å². The fourth-order valence-electron chi connectivity index (χ4n) is 2.18. The molecule has 14 heavy (non-hydrogen) atoms. The summed E-state index contributed by atoms with van der Waals surface area (Å²) in [7, 11) is 0. The van der Waals surface area contributed by atoms with Gasteiger partial charge < -0.3 is 0 Å². The Kier molecular flexibility index (Phi) is 4.13. The molecule has 1 rings (SSSR count). The molecule has 2 nitrogen and oxygen atoms in total. The molecule has 0 aromatic rings. The van der Waals surface area contributed by atoms with Gasteiger partial charge in [0.05, 0.1) is 6.07 Å². The van der Waals surface area contributed by atoms with Crippen LogP contribution in [0.15, 0.2) is 0 Å². The van der Waals surface area contributed by atoms with Crippen LogP contribution in [0, 0.1) is 29.1 Å². The fourth-order valence-corrected chi connectivity index (χ4v) is 2.18. The lowest BCUT2D eigenvalue weighted by molar-refractivity contribution is -0.127. The van der Waals surface area contributed by atoms with Gasteiger partial charge in [-0.2, -0.15) is 5.26 Å². The number of hydrogen-bond acceptors (Lipinski definition) is 2. The first-order valence-electron chi connectivity index (χ1n) is 5.60. The Morgan fingerprint density at radius 1 is 1.29 bits per heavy atom. The summed E-state index contributed by atoms with van der Waals surface area (Å²) in [5.74, 6) is 0.158. The Hall–Kier alpha value is -0.840. The number of ketones is 1. The van der Waals surface area contributed by atoms with E-state index in [2.05, 4.69) is 6.07 Å². The molecule has 1 atom stereocenters. The zero-order valence-corrected chi connectivity index (χ0v) is 9.12. The molecule has 0 saturated heterocycles. The molecule has 0 N–H and O–H groups in total. The van der Waals surface area contributed by atoms with Gasteiger partial charge in [0.25, 0.3) is 0 Å². The summed E-state index contributed by atoms with van der Waals surface area (Å²) in [4.78, 5) is 11.9. The third-order valence-corrected chi connectivity index (χ3v) is 3.12. The lowest BCUT2D eigenvalue weighted by Crippen LogP contribution is -2.27. The summed E-state index contributed by atoms with van der Waals surface area (Å²) in [5, 5.41) is 8.93. The van der Waals surface area contributed by atoms with E-state index >= 15 is 0 Å². The molecule has 1 aliphatic carbocycles. The lowest BCUT2D eigenvalue weighted by Gasteiger charge is -2.23. The van der Waals surface area contributed by atoms with E-state index in [-0.39, 0.29) is 23.5 Å². The highest BCUT2D eigenvalue weighted by Crippen LogP contribution is 2.28. The van der Waals surface area contributed by atoms with Gasteiger partial charge in [0.1, 0.15) is 5.92 Å². The predicted molar refractivity (Wildman–Crippen MR) is 55.5 cm³/mol. The molecule has 0 aliphatic heterocycles. The van der Waals surface area contributed by atoms with E-state index in [1.165, 1.54) is 6.42 Å². The summed E-state index contributed by atoms with van der Waals surface area (Å²) >= 11 is 0. The first-order valence-corrected chi connectivity index (χ1v) is 5.60. The van der Waals surface area contributed by atoms with Crippen molar-refractivity contribution >= 4 is 5.78 Å². The van der Waals surface area contributed by atoms with Crippen LogP contribution in [-0.4, -0.2) is 5.78 Å². The minimum absolute atomic E-state index is 0.162. The molecule has 0 aromatic carbocycles. The molecule has 0 radical (unpaired) electrons. The number of nitriles is 1. The van der Waals surface area contributed by atoms with Crippen molar-refractivity contribution in [1.29, 1.82) is 5.26 Å². The van der Waals surface area contributed by atoms with Crippen LogP contribution in [0.3, 0.4) is 0 Å². The van der Waals surface area contributed by atoms with E-state index < -0.39 is 0 Å². The Morgan fingerprint density at radius 2 is 1.86 bits per heavy atom. The number of nitrogens with zero attached hydrogens (tertiary/aromatic N) is 1. The largest absolute Gasteiger partial charge is 0.298 e. The van der Waals surface area contributed by atoms with E-state index in [9.17, 15) is 4.79 Å². The molecule has 0 amide bonds. The summed E-state index contributed by atoms with van der Waals surface area (Å²) in [6.07, 6.45) is 5.58. The highest BCUT2D eigenvalue weighted by atomic mass is 16.1. The van der Waals surface area contributed by atoms with Gasteiger partial charge in [0.15, 0.2) is 5.78 Å². The van der Waals surface area contributed by atoms with E-state index in [1.54, 1.807) is 0 Å². The van der Waals surface area contributed by atoms with Crippen molar-refractivity contribution in [3.8, 4) is 6.07 Å². The maximum absolute atomic E-state index is 11.9. The van der Waals surface area contributed by atoms with Crippen molar-refractivity contribution in [2.24, 2.45) is 17.8 Å². The van der Waals surface area contributed by atoms with Gasteiger partial charge in [-0.25, -0.2) is 0 Å². The van der Waals surface area contributed by atoms with Crippen LogP contribution >= 0.6 is 0 Å². The zero-order chi connectivity index (χ0) is 10.6. The van der Waals surface area contributed by atoms with Gasteiger partial charge in [-0.05, 0) is 18.8 Å². The number of rotatable bonds is 3. The van der Waals surface area contributed by atoms with Crippen molar-refractivity contribution in [1.82, 2.24) is 0 Å². The van der Waals surface area contributed by atoms with Crippen LogP contribution < -0.4 is 0 Å². The van der Waals surface area contributed by atoms with Crippen LogP contribution in [0.25, 0.3) is 0 Å². The SMILES string of the molecule is CC(C)C(C#N)C(=O)C1CCCCC1. The van der Waals surface area contributed by atoms with Crippen molar-refractivity contribution in [3.63, 3.8) is 0 Å². The molecule has 1 aliphatic rings. The molecule has 0 spiro atoms. The quantitative estimate of drug-likeness (QED) is 0.691. The number of Topliss-reactive ketones (excluding diaryl/α,β-unsaturated/α-hetero) is 1. The smallest absolute Gasteiger partial charge is 0.153 e. The molecule has 78 valence electrons. The second-order valence-corrected chi connectivity index (χ2v) is 4.59. The number of hydrogen-bond donors (Lipinski definition) is 0. The van der Waals surface area contributed by atoms with Crippen LogP contribution in [0.5, 0.6) is 0 Å². The normalized spacial score (nSPS) is 20.4. The maximum Gasteiger partial charge on any atom is 0.153 e. The van der Waals surface area contributed by atoms with Crippen LogP contribution in [0.2, 0.25) is 0 Å². The first-order chi connectivity index (χ1) is 6.66. The van der Waals surface area contributed by atoms with Crippen molar-refractivity contribution in [3.05, 3.63) is 0 Å². The van der Waals surface area contributed by atoms with E-state index in [4.69, 9.17) is 5.26 Å². The second-order valence-electron chi connectivity index (χ2n) is 4.59. The molecular formula is C12H19NO. The number of carbonyl (C=O) groups excluding carboxylic acids is 1. The average molecular weight is 193 g/mol. The molecule has 0 bridgehead atoms. The molecule has 0 heterocycles. The number of carbonyl (C=O) groups is 1. The zero-order valence-electron chi connectivity index (χ0n) is 9.12. The molecule has 2 heteroatoms. The summed E-state index contributed by atoms with van der Waals surface area (Å²) in [5.41, 5.74) is 0. The van der Waals surface area contributed by atoms with Gasteiger partial charge in [0, 0.05) is 5.92 Å².